The van der Waals surface area contributed by atoms with E-state index in [9.17, 15) is 4.79 Å². The minimum Gasteiger partial charge on any atom is -0.378 e. The largest absolute Gasteiger partial charge is 0.378 e. The molecule has 2 rings (SSSR count). The maximum atomic E-state index is 11.8. The molecular formula is C15H17NO2. The molecule has 0 aromatic heterocycles. The number of nitrogens with one attached hydrogen (secondary N) is 1. The summed E-state index contributed by atoms with van der Waals surface area (Å²) in [6, 6.07) is 7.31. The zero-order chi connectivity index (χ0) is 12.8. The molecule has 18 heavy (non-hydrogen) atoms. The predicted molar refractivity (Wildman–Crippen MR) is 71.2 cm³/mol. The van der Waals surface area contributed by atoms with Crippen LogP contribution in [0.15, 0.2) is 24.3 Å². The number of rotatable bonds is 4. The molecule has 1 amide bonds. The fourth-order valence-corrected chi connectivity index (χ4v) is 2.07. The molecule has 1 heterocycles. The number of hydrogen-bond acceptors (Lipinski definition) is 2. The number of terminal acetylenes is 1. The SMILES string of the molecule is C#Cc1cccc(NC(=O)CC[C@@H]2CCCO2)c1. The van der Waals surface area contributed by atoms with E-state index in [1.165, 1.54) is 0 Å². The number of ether oxygens (including phenoxy) is 1. The van der Waals surface area contributed by atoms with Crippen LogP contribution >= 0.6 is 0 Å². The smallest absolute Gasteiger partial charge is 0.224 e. The lowest BCUT2D eigenvalue weighted by molar-refractivity contribution is -0.116. The van der Waals surface area contributed by atoms with Crippen LogP contribution in [0.5, 0.6) is 0 Å². The van der Waals surface area contributed by atoms with Crippen LogP contribution in [-0.2, 0) is 9.53 Å². The number of carbonyl (C=O) groups is 1. The minimum atomic E-state index is 0.0136. The van der Waals surface area contributed by atoms with Gasteiger partial charge in [-0.3, -0.25) is 4.79 Å². The lowest BCUT2D eigenvalue weighted by atomic mass is 10.1. The third-order valence-corrected chi connectivity index (χ3v) is 3.03. The number of benzene rings is 1. The van der Waals surface area contributed by atoms with Crippen molar-refractivity contribution in [2.24, 2.45) is 0 Å². The predicted octanol–water partition coefficient (Wildman–Crippen LogP) is 2.57. The van der Waals surface area contributed by atoms with E-state index in [1.807, 2.05) is 18.2 Å². The molecule has 0 bridgehead atoms. The summed E-state index contributed by atoms with van der Waals surface area (Å²) in [4.78, 5) is 11.8. The van der Waals surface area contributed by atoms with E-state index in [2.05, 4.69) is 11.2 Å². The van der Waals surface area contributed by atoms with E-state index in [0.29, 0.717) is 6.42 Å². The average molecular weight is 243 g/mol. The van der Waals surface area contributed by atoms with Gasteiger partial charge >= 0.3 is 0 Å². The van der Waals surface area contributed by atoms with Crippen molar-refractivity contribution >= 4 is 11.6 Å². The molecule has 1 atom stereocenters. The van der Waals surface area contributed by atoms with Crippen LogP contribution in [-0.4, -0.2) is 18.6 Å². The summed E-state index contributed by atoms with van der Waals surface area (Å²) in [5.74, 6) is 2.56. The summed E-state index contributed by atoms with van der Waals surface area (Å²) >= 11 is 0. The summed E-state index contributed by atoms with van der Waals surface area (Å²) in [6.07, 6.45) is 9.03. The third-order valence-electron chi connectivity index (χ3n) is 3.03. The maximum Gasteiger partial charge on any atom is 0.224 e. The Balaban J connectivity index is 1.81. The first-order chi connectivity index (χ1) is 8.78. The third kappa shape index (κ3) is 3.61. The molecule has 1 aliphatic heterocycles. The molecule has 0 aliphatic carbocycles. The molecular weight excluding hydrogens is 226 g/mol. The molecule has 1 aliphatic rings. The van der Waals surface area contributed by atoms with Gasteiger partial charge in [-0.05, 0) is 37.5 Å². The summed E-state index contributed by atoms with van der Waals surface area (Å²) in [6.45, 7) is 0.830. The summed E-state index contributed by atoms with van der Waals surface area (Å²) in [5.41, 5.74) is 1.52. The van der Waals surface area contributed by atoms with Gasteiger partial charge in [0, 0.05) is 24.3 Å². The molecule has 1 aromatic carbocycles. The van der Waals surface area contributed by atoms with Crippen molar-refractivity contribution in [1.29, 1.82) is 0 Å². The van der Waals surface area contributed by atoms with E-state index in [0.717, 1.165) is 37.1 Å². The van der Waals surface area contributed by atoms with Crippen molar-refractivity contribution in [3.63, 3.8) is 0 Å². The Hall–Kier alpha value is -1.79. The molecule has 1 fully saturated rings. The topological polar surface area (TPSA) is 38.3 Å². The van der Waals surface area contributed by atoms with Crippen molar-refractivity contribution in [3.05, 3.63) is 29.8 Å². The van der Waals surface area contributed by atoms with Gasteiger partial charge in [0.15, 0.2) is 0 Å². The monoisotopic (exact) mass is 243 g/mol. The van der Waals surface area contributed by atoms with Crippen molar-refractivity contribution in [2.75, 3.05) is 11.9 Å². The van der Waals surface area contributed by atoms with Crippen molar-refractivity contribution in [3.8, 4) is 12.3 Å². The zero-order valence-corrected chi connectivity index (χ0v) is 10.3. The lowest BCUT2D eigenvalue weighted by Gasteiger charge is -2.09. The second kappa shape index (κ2) is 6.23. The van der Waals surface area contributed by atoms with Crippen LogP contribution in [0.25, 0.3) is 0 Å². The molecule has 1 N–H and O–H groups in total. The molecule has 0 spiro atoms. The van der Waals surface area contributed by atoms with Crippen LogP contribution < -0.4 is 5.32 Å². The van der Waals surface area contributed by atoms with Gasteiger partial charge in [-0.2, -0.15) is 0 Å². The molecule has 0 saturated carbocycles. The van der Waals surface area contributed by atoms with Crippen molar-refractivity contribution < 1.29 is 9.53 Å². The number of amides is 1. The Kier molecular flexibility index (Phi) is 4.38. The summed E-state index contributed by atoms with van der Waals surface area (Å²) in [5, 5.41) is 2.85. The van der Waals surface area contributed by atoms with Crippen LogP contribution in [0.2, 0.25) is 0 Å². The summed E-state index contributed by atoms with van der Waals surface area (Å²) in [7, 11) is 0. The second-order valence-electron chi connectivity index (χ2n) is 4.45. The Bertz CT molecular complexity index is 456. The second-order valence-corrected chi connectivity index (χ2v) is 4.45. The normalized spacial score (nSPS) is 18.3. The molecule has 3 heteroatoms. The van der Waals surface area contributed by atoms with Gasteiger partial charge in [0.05, 0.1) is 6.10 Å². The molecule has 3 nitrogen and oxygen atoms in total. The standard InChI is InChI=1S/C15H17NO2/c1-2-12-5-3-6-13(11-12)16-15(17)9-8-14-7-4-10-18-14/h1,3,5-6,11,14H,4,7-10H2,(H,16,17)/t14-/m0/s1. The Morgan fingerprint density at radius 3 is 3.17 bits per heavy atom. The van der Waals surface area contributed by atoms with E-state index in [1.54, 1.807) is 6.07 Å². The maximum absolute atomic E-state index is 11.8. The van der Waals surface area contributed by atoms with E-state index in [4.69, 9.17) is 11.2 Å². The van der Waals surface area contributed by atoms with E-state index >= 15 is 0 Å². The van der Waals surface area contributed by atoms with Gasteiger partial charge in [-0.15, -0.1) is 6.42 Å². The van der Waals surface area contributed by atoms with Crippen LogP contribution in [0.4, 0.5) is 5.69 Å². The number of carbonyl (C=O) groups excluding carboxylic acids is 1. The van der Waals surface area contributed by atoms with Crippen molar-refractivity contribution in [2.45, 2.75) is 31.8 Å². The molecule has 0 unspecified atom stereocenters. The highest BCUT2D eigenvalue weighted by molar-refractivity contribution is 5.90. The van der Waals surface area contributed by atoms with Gasteiger partial charge in [0.25, 0.3) is 0 Å². The van der Waals surface area contributed by atoms with Gasteiger partial charge < -0.3 is 10.1 Å². The Morgan fingerprint density at radius 2 is 2.44 bits per heavy atom. The highest BCUT2D eigenvalue weighted by Crippen LogP contribution is 2.17. The highest BCUT2D eigenvalue weighted by Gasteiger charge is 2.16. The molecule has 0 radical (unpaired) electrons. The number of anilines is 1. The van der Waals surface area contributed by atoms with Crippen LogP contribution in [0, 0.1) is 12.3 Å². The zero-order valence-electron chi connectivity index (χ0n) is 10.3. The van der Waals surface area contributed by atoms with Crippen LogP contribution in [0.1, 0.15) is 31.2 Å². The van der Waals surface area contributed by atoms with Gasteiger partial charge in [-0.25, -0.2) is 0 Å². The number of hydrogen-bond donors (Lipinski definition) is 1. The Labute approximate surface area is 108 Å². The fourth-order valence-electron chi connectivity index (χ4n) is 2.07. The quantitative estimate of drug-likeness (QED) is 0.825. The minimum absolute atomic E-state index is 0.0136. The highest BCUT2D eigenvalue weighted by atomic mass is 16.5. The molecule has 94 valence electrons. The average Bonchev–Trinajstić information content (AvgIpc) is 2.90. The summed E-state index contributed by atoms with van der Waals surface area (Å²) < 4.78 is 5.48. The Morgan fingerprint density at radius 1 is 1.56 bits per heavy atom. The first-order valence-electron chi connectivity index (χ1n) is 6.26. The first-order valence-corrected chi connectivity index (χ1v) is 6.26. The van der Waals surface area contributed by atoms with Gasteiger partial charge in [0.1, 0.15) is 0 Å². The van der Waals surface area contributed by atoms with Gasteiger partial charge in [-0.1, -0.05) is 12.0 Å². The van der Waals surface area contributed by atoms with E-state index in [-0.39, 0.29) is 12.0 Å². The fraction of sp³-hybridized carbons (Fsp3) is 0.400. The van der Waals surface area contributed by atoms with E-state index < -0.39 is 0 Å². The lowest BCUT2D eigenvalue weighted by Crippen LogP contribution is -2.15. The van der Waals surface area contributed by atoms with Crippen LogP contribution in [0.3, 0.4) is 0 Å². The van der Waals surface area contributed by atoms with Gasteiger partial charge in [0.2, 0.25) is 5.91 Å². The molecule has 1 saturated heterocycles. The van der Waals surface area contributed by atoms with Crippen molar-refractivity contribution in [1.82, 2.24) is 0 Å². The molecule has 1 aromatic rings. The first kappa shape index (κ1) is 12.7.